The molecule has 1 fully saturated rings. The van der Waals surface area contributed by atoms with Crippen LogP contribution in [0.4, 0.5) is 4.39 Å². The van der Waals surface area contributed by atoms with Gasteiger partial charge in [-0.1, -0.05) is 60.9 Å². The molecule has 1 aliphatic carbocycles. The van der Waals surface area contributed by atoms with Crippen molar-refractivity contribution in [1.29, 1.82) is 0 Å². The summed E-state index contributed by atoms with van der Waals surface area (Å²) in [7, 11) is 0. The van der Waals surface area contributed by atoms with Gasteiger partial charge in [-0.15, -0.1) is 23.8 Å². The van der Waals surface area contributed by atoms with Crippen molar-refractivity contribution in [2.24, 2.45) is 5.92 Å². The van der Waals surface area contributed by atoms with E-state index in [9.17, 15) is 4.39 Å². The van der Waals surface area contributed by atoms with Gasteiger partial charge in [0.15, 0.2) is 0 Å². The van der Waals surface area contributed by atoms with E-state index in [1.807, 2.05) is 23.6 Å². The molecule has 0 bridgehead atoms. The van der Waals surface area contributed by atoms with Crippen LogP contribution in [0.15, 0.2) is 79.1 Å². The fraction of sp³-hybridized carbons (Fsp3) is 0.317. The molecule has 0 saturated heterocycles. The van der Waals surface area contributed by atoms with E-state index in [2.05, 4.69) is 81.8 Å². The fourth-order valence-electron chi connectivity index (χ4n) is 6.44. The first-order valence-electron chi connectivity index (χ1n) is 18.1. The maximum atomic E-state index is 14.5. The minimum absolute atomic E-state index is 0. The number of rotatable bonds is 6. The quantitative estimate of drug-likeness (QED) is 0.123. The number of nitrogens with zero attached hydrogens (tertiary/aromatic N) is 2. The zero-order valence-corrected chi connectivity index (χ0v) is 32.9. The number of thiophene rings is 1. The summed E-state index contributed by atoms with van der Waals surface area (Å²) in [6.45, 7) is 1.24. The van der Waals surface area contributed by atoms with Gasteiger partial charge in [-0.2, -0.15) is 11.3 Å². The molecule has 3 heterocycles. The summed E-state index contributed by atoms with van der Waals surface area (Å²) < 4.78 is 48.8. The molecule has 2 nitrogen and oxygen atoms in total. The number of hydrogen-bond donors (Lipinski definition) is 0. The third-order valence-corrected chi connectivity index (χ3v) is 14.2. The average Bonchev–Trinajstić information content (AvgIpc) is 3.71. The Balaban J connectivity index is 0.000000194. The summed E-state index contributed by atoms with van der Waals surface area (Å²) in [4.78, 5) is 9.07. The van der Waals surface area contributed by atoms with E-state index >= 15 is 0 Å². The van der Waals surface area contributed by atoms with Gasteiger partial charge in [0.05, 0.1) is 0 Å². The van der Waals surface area contributed by atoms with E-state index in [-0.39, 0.29) is 31.2 Å². The topological polar surface area (TPSA) is 25.8 Å². The first-order valence-corrected chi connectivity index (χ1v) is 24.3. The van der Waals surface area contributed by atoms with Crippen LogP contribution in [0, 0.1) is 30.7 Å². The average molecular weight is 884 g/mol. The Hall–Kier alpha value is -2.70. The predicted molar refractivity (Wildman–Crippen MR) is 197 cm³/mol. The van der Waals surface area contributed by atoms with Crippen LogP contribution >= 0.6 is 11.3 Å². The van der Waals surface area contributed by atoms with Crippen LogP contribution in [-0.4, -0.2) is 23.2 Å². The third kappa shape index (κ3) is 8.13. The zero-order valence-electron chi connectivity index (χ0n) is 31.6. The fourth-order valence-corrected chi connectivity index (χ4v) is 11.0. The largest absolute Gasteiger partial charge is 0.305 e. The first-order chi connectivity index (χ1) is 23.6. The van der Waals surface area contributed by atoms with E-state index in [0.717, 1.165) is 33.2 Å². The predicted octanol–water partition coefficient (Wildman–Crippen LogP) is 11.3. The molecule has 3 aromatic carbocycles. The Bertz CT molecular complexity index is 2150. The number of aryl methyl sites for hydroxylation is 1. The van der Waals surface area contributed by atoms with Crippen LogP contribution in [-0.2, 0) is 26.5 Å². The molecule has 1 radical (unpaired) electrons. The summed E-state index contributed by atoms with van der Waals surface area (Å²) in [5, 5.41) is 2.65. The molecule has 3 aromatic heterocycles. The van der Waals surface area contributed by atoms with Crippen LogP contribution in [0.1, 0.15) is 67.6 Å². The number of halogens is 1. The van der Waals surface area contributed by atoms with E-state index in [4.69, 9.17) is 5.48 Å². The van der Waals surface area contributed by atoms with E-state index in [1.165, 1.54) is 63.9 Å². The maximum absolute atomic E-state index is 14.5. The smallest absolute Gasteiger partial charge is 0.0239 e. The molecule has 0 unspecified atom stereocenters. The Morgan fingerprint density at radius 1 is 0.979 bits per heavy atom. The Morgan fingerprint density at radius 2 is 1.74 bits per heavy atom. The molecule has 0 N–H and O–H groups in total. The monoisotopic (exact) mass is 885 g/mol. The number of aromatic nitrogens is 2. The summed E-state index contributed by atoms with van der Waals surface area (Å²) in [6.07, 6.45) is 10.5. The minimum atomic E-state index is -2.37. The van der Waals surface area contributed by atoms with Crippen molar-refractivity contribution < 1.29 is 30.0 Å². The molecule has 0 spiro atoms. The number of fused-ring (bicyclic) bond motifs is 3. The van der Waals surface area contributed by atoms with Crippen molar-refractivity contribution in [1.82, 2.24) is 9.97 Å². The first kappa shape index (κ1) is 30.4. The molecule has 47 heavy (non-hydrogen) atoms. The van der Waals surface area contributed by atoms with Crippen molar-refractivity contribution in [2.75, 3.05) is 0 Å². The van der Waals surface area contributed by atoms with Gasteiger partial charge in [-0.25, -0.2) is 0 Å². The normalized spacial score (nSPS) is 15.3. The number of pyridine rings is 2. The minimum Gasteiger partial charge on any atom is -0.305 e. The van der Waals surface area contributed by atoms with Crippen molar-refractivity contribution in [3.63, 3.8) is 0 Å². The second kappa shape index (κ2) is 15.2. The Labute approximate surface area is 305 Å². The van der Waals surface area contributed by atoms with Gasteiger partial charge in [0.1, 0.15) is 0 Å². The molecule has 1 saturated carbocycles. The van der Waals surface area contributed by atoms with Crippen LogP contribution in [0.2, 0.25) is 17.3 Å². The second-order valence-corrected chi connectivity index (χ2v) is 25.2. The Morgan fingerprint density at radius 3 is 2.47 bits per heavy atom. The molecule has 0 aliphatic heterocycles. The molecule has 0 atom stereocenters. The molecule has 245 valence electrons. The van der Waals surface area contributed by atoms with E-state index in [0.29, 0.717) is 5.69 Å². The van der Waals surface area contributed by atoms with Gasteiger partial charge in [-0.05, 0) is 40.3 Å². The van der Waals surface area contributed by atoms with E-state index in [1.54, 1.807) is 26.1 Å². The summed E-state index contributed by atoms with van der Waals surface area (Å²) in [5.41, 5.74) is 4.89. The van der Waals surface area contributed by atoms with Crippen LogP contribution in [0.3, 0.4) is 0 Å². The van der Waals surface area contributed by atoms with Gasteiger partial charge in [0, 0.05) is 31.0 Å². The summed E-state index contributed by atoms with van der Waals surface area (Å²) >= 11 is -0.400. The molecular weight excluding hydrogens is 836 g/mol. The molecule has 1 aliphatic rings. The van der Waals surface area contributed by atoms with Crippen LogP contribution in [0.25, 0.3) is 42.7 Å². The van der Waals surface area contributed by atoms with Gasteiger partial charge in [0.25, 0.3) is 0 Å². The number of hydrogen-bond acceptors (Lipinski definition) is 3. The molecule has 7 rings (SSSR count). The van der Waals surface area contributed by atoms with Gasteiger partial charge in [0.2, 0.25) is 0 Å². The van der Waals surface area contributed by atoms with Crippen molar-refractivity contribution >= 4 is 49.2 Å². The second-order valence-electron chi connectivity index (χ2n) is 13.6. The van der Waals surface area contributed by atoms with Crippen molar-refractivity contribution in [3.8, 4) is 22.5 Å². The SMILES string of the molecule is [2H]C([2H])([2H])c1c[c-]c(-c2cc(C([2H])(C)C)[c]([Ge]([CH3])([CH3])[CH3])cn2)c(F)c1.[Ir].[c-]1ccc2c(sc3ccccc32)c1-c1cc(CC2CCCC2)ccn1. The van der Waals surface area contributed by atoms with Crippen LogP contribution < -0.4 is 4.40 Å². The molecule has 0 amide bonds. The third-order valence-electron chi connectivity index (χ3n) is 8.82. The standard InChI is InChI=1S/C23H20NS.C18H23FGeN.Ir/c1-2-7-16(6-1)14-17-12-13-24-21(15-17)20-10-5-9-19-18-8-3-4-11-22(18)25-23(19)20;1-12(2)15-10-18(21-11-17(15)20(4,5)6)14-8-7-13(3)9-16(14)19;/h3-5,8-9,11-13,15-16H,1-2,6-7,14H2;7,9-12H,1-6H3;/q2*-1;/i;3D3,12D;. The van der Waals surface area contributed by atoms with Gasteiger partial charge in [-0.3, -0.25) is 0 Å². The van der Waals surface area contributed by atoms with Gasteiger partial charge >= 0.3 is 135 Å². The van der Waals surface area contributed by atoms with Gasteiger partial charge < -0.3 is 4.98 Å². The van der Waals surface area contributed by atoms with Crippen molar-refractivity contribution in [3.05, 3.63) is 114 Å². The summed E-state index contributed by atoms with van der Waals surface area (Å²) in [5.74, 6) is 6.04. The molecular formula is C41H43FGeIrN2S-2. The molecule has 6 heteroatoms. The summed E-state index contributed by atoms with van der Waals surface area (Å²) in [6, 6.07) is 27.6. The van der Waals surface area contributed by atoms with Crippen LogP contribution in [0.5, 0.6) is 0 Å². The number of benzene rings is 3. The van der Waals surface area contributed by atoms with Crippen molar-refractivity contribution in [2.45, 2.75) is 76.0 Å². The molecule has 6 aromatic rings. The maximum Gasteiger partial charge on any atom is 0.0239 e. The van der Waals surface area contributed by atoms with E-state index < -0.39 is 31.8 Å². The Kier molecular flexibility index (Phi) is 9.85. The zero-order chi connectivity index (χ0) is 35.8.